The van der Waals surface area contributed by atoms with Crippen LogP contribution in [0.2, 0.25) is 0 Å². The van der Waals surface area contributed by atoms with Crippen molar-refractivity contribution < 1.29 is 19.0 Å². The molecule has 2 heterocycles. The summed E-state index contributed by atoms with van der Waals surface area (Å²) in [6.07, 6.45) is 1.79. The molecule has 1 aliphatic heterocycles. The van der Waals surface area contributed by atoms with Crippen molar-refractivity contribution in [2.45, 2.75) is 52.2 Å². The number of ether oxygens (including phenoxy) is 3. The van der Waals surface area contributed by atoms with Crippen molar-refractivity contribution in [1.29, 1.82) is 5.26 Å². The van der Waals surface area contributed by atoms with Crippen LogP contribution in [-0.4, -0.2) is 36.6 Å². The first-order chi connectivity index (χ1) is 16.5. The smallest absolute Gasteiger partial charge is 0.411 e. The van der Waals surface area contributed by atoms with E-state index in [2.05, 4.69) is 36.7 Å². The molecule has 0 saturated carbocycles. The van der Waals surface area contributed by atoms with E-state index in [-0.39, 0.29) is 12.1 Å². The number of carbonyl (C=O) groups is 1. The lowest BCUT2D eigenvalue weighted by Gasteiger charge is -2.22. The third kappa shape index (κ3) is 5.02. The molecule has 1 aromatic heterocycles. The van der Waals surface area contributed by atoms with Crippen molar-refractivity contribution in [3.05, 3.63) is 48.0 Å². The van der Waals surface area contributed by atoms with Crippen molar-refractivity contribution >= 4 is 22.7 Å². The highest BCUT2D eigenvalue weighted by atomic mass is 16.6. The lowest BCUT2D eigenvalue weighted by atomic mass is 10.1. The molecule has 0 unspecified atom stereocenters. The second kappa shape index (κ2) is 10.6. The lowest BCUT2D eigenvalue weighted by molar-refractivity contribution is 0.00592. The number of benzene rings is 2. The highest BCUT2D eigenvalue weighted by Crippen LogP contribution is 2.38. The first kappa shape index (κ1) is 23.7. The largest absolute Gasteiger partial charge is 0.494 e. The lowest BCUT2D eigenvalue weighted by Crippen LogP contribution is -2.28. The zero-order chi connectivity index (χ0) is 24.1. The van der Waals surface area contributed by atoms with Crippen molar-refractivity contribution in [2.75, 3.05) is 25.1 Å². The van der Waals surface area contributed by atoms with Crippen LogP contribution in [0.15, 0.2) is 42.5 Å². The van der Waals surface area contributed by atoms with Gasteiger partial charge < -0.3 is 18.8 Å². The molecule has 0 atom stereocenters. The number of nitriles is 1. The summed E-state index contributed by atoms with van der Waals surface area (Å²) in [5.41, 5.74) is 4.00. The molecule has 1 N–H and O–H groups in total. The van der Waals surface area contributed by atoms with Crippen LogP contribution in [0, 0.1) is 11.3 Å². The van der Waals surface area contributed by atoms with Crippen LogP contribution < -0.4 is 10.1 Å². The van der Waals surface area contributed by atoms with Crippen molar-refractivity contribution in [3.8, 4) is 23.1 Å². The average Bonchev–Trinajstić information content (AvgIpc) is 3.17. The number of nitrogens with one attached hydrogen (secondary N) is 1. The second-order valence-electron chi connectivity index (χ2n) is 8.75. The summed E-state index contributed by atoms with van der Waals surface area (Å²) in [7, 11) is 0. The average molecular weight is 462 g/mol. The Kier molecular flexibility index (Phi) is 7.39. The van der Waals surface area contributed by atoms with E-state index >= 15 is 0 Å². The number of fused-ring (bicyclic) bond motifs is 1. The Labute approximate surface area is 200 Å². The Balaban J connectivity index is 1.62. The minimum Gasteiger partial charge on any atom is -0.494 e. The molecule has 1 fully saturated rings. The van der Waals surface area contributed by atoms with Gasteiger partial charge in [0.15, 0.2) is 0 Å². The Hall–Kier alpha value is -3.50. The van der Waals surface area contributed by atoms with Crippen LogP contribution in [0.3, 0.4) is 0 Å². The quantitative estimate of drug-likeness (QED) is 0.448. The van der Waals surface area contributed by atoms with E-state index in [0.717, 1.165) is 34.3 Å². The van der Waals surface area contributed by atoms with Gasteiger partial charge in [0.2, 0.25) is 0 Å². The SMILES string of the molecule is CCCOc1ccc2c(C#N)c(-c3ccc(NC(=O)OC4CCOCC4)cc3)n(C(C)C)c2c1. The van der Waals surface area contributed by atoms with Crippen molar-refractivity contribution in [1.82, 2.24) is 4.57 Å². The van der Waals surface area contributed by atoms with Crippen LogP contribution in [0.5, 0.6) is 5.75 Å². The first-order valence-electron chi connectivity index (χ1n) is 11.9. The minimum absolute atomic E-state index is 0.112. The molecule has 0 aliphatic carbocycles. The fourth-order valence-electron chi connectivity index (χ4n) is 4.34. The minimum atomic E-state index is -0.465. The zero-order valence-corrected chi connectivity index (χ0v) is 20.0. The number of amides is 1. The summed E-state index contributed by atoms with van der Waals surface area (Å²) in [4.78, 5) is 12.3. The summed E-state index contributed by atoms with van der Waals surface area (Å²) < 4.78 is 18.8. The molecular weight excluding hydrogens is 430 g/mol. The van der Waals surface area contributed by atoms with Crippen LogP contribution in [0.25, 0.3) is 22.2 Å². The van der Waals surface area contributed by atoms with Gasteiger partial charge >= 0.3 is 6.09 Å². The molecule has 3 aromatic rings. The molecule has 1 aliphatic rings. The van der Waals surface area contributed by atoms with E-state index in [1.54, 1.807) is 0 Å². The van der Waals surface area contributed by atoms with Crippen LogP contribution >= 0.6 is 0 Å². The summed E-state index contributed by atoms with van der Waals surface area (Å²) in [6, 6.07) is 15.9. The molecule has 178 valence electrons. The number of carbonyl (C=O) groups excluding carboxylic acids is 1. The number of aromatic nitrogens is 1. The number of nitrogens with zero attached hydrogens (tertiary/aromatic N) is 2. The van der Waals surface area contributed by atoms with Crippen molar-refractivity contribution in [2.24, 2.45) is 0 Å². The van der Waals surface area contributed by atoms with Gasteiger partial charge in [-0.25, -0.2) is 4.79 Å². The molecule has 2 aromatic carbocycles. The summed E-state index contributed by atoms with van der Waals surface area (Å²) >= 11 is 0. The fourth-order valence-corrected chi connectivity index (χ4v) is 4.34. The van der Waals surface area contributed by atoms with Gasteiger partial charge in [0.1, 0.15) is 17.9 Å². The Bertz CT molecular complexity index is 1190. The summed E-state index contributed by atoms with van der Waals surface area (Å²) in [5, 5.41) is 13.7. The predicted octanol–water partition coefficient (Wildman–Crippen LogP) is 6.28. The molecule has 7 nitrogen and oxygen atoms in total. The molecule has 0 spiro atoms. The van der Waals surface area contributed by atoms with Gasteiger partial charge in [-0.2, -0.15) is 5.26 Å². The van der Waals surface area contributed by atoms with Crippen molar-refractivity contribution in [3.63, 3.8) is 0 Å². The molecule has 1 amide bonds. The van der Waals surface area contributed by atoms with Crippen LogP contribution in [0.4, 0.5) is 10.5 Å². The van der Waals surface area contributed by atoms with Gasteiger partial charge in [-0.1, -0.05) is 19.1 Å². The van der Waals surface area contributed by atoms with E-state index in [4.69, 9.17) is 14.2 Å². The molecule has 0 bridgehead atoms. The first-order valence-corrected chi connectivity index (χ1v) is 11.9. The van der Waals surface area contributed by atoms with Crippen LogP contribution in [-0.2, 0) is 9.47 Å². The van der Waals surface area contributed by atoms with E-state index in [1.165, 1.54) is 0 Å². The van der Waals surface area contributed by atoms with Gasteiger partial charge in [-0.3, -0.25) is 5.32 Å². The zero-order valence-electron chi connectivity index (χ0n) is 20.0. The highest BCUT2D eigenvalue weighted by molar-refractivity contribution is 5.95. The third-order valence-corrected chi connectivity index (χ3v) is 5.92. The Morgan fingerprint density at radius 2 is 1.94 bits per heavy atom. The number of hydrogen-bond donors (Lipinski definition) is 1. The third-order valence-electron chi connectivity index (χ3n) is 5.92. The molecule has 7 heteroatoms. The maximum Gasteiger partial charge on any atom is 0.411 e. The normalized spacial score (nSPS) is 14.2. The predicted molar refractivity (Wildman–Crippen MR) is 132 cm³/mol. The number of hydrogen-bond acceptors (Lipinski definition) is 5. The van der Waals surface area contributed by atoms with Gasteiger partial charge in [-0.15, -0.1) is 0 Å². The summed E-state index contributed by atoms with van der Waals surface area (Å²) in [6.45, 7) is 8.16. The monoisotopic (exact) mass is 461 g/mol. The van der Waals surface area contributed by atoms with E-state index in [0.29, 0.717) is 43.9 Å². The van der Waals surface area contributed by atoms with E-state index in [9.17, 15) is 10.1 Å². The molecular formula is C27H31N3O4. The Morgan fingerprint density at radius 1 is 1.21 bits per heavy atom. The standard InChI is InChI=1S/C27H31N3O4/c1-4-13-33-22-9-10-23-24(17-28)26(30(18(2)3)25(23)16-22)19-5-7-20(8-6-19)29-27(31)34-21-11-14-32-15-12-21/h5-10,16,18,21H,4,11-15H2,1-3H3,(H,29,31). The van der Waals surface area contributed by atoms with Gasteiger partial charge in [0.05, 0.1) is 36.6 Å². The molecule has 4 rings (SSSR count). The van der Waals surface area contributed by atoms with Gasteiger partial charge in [0, 0.05) is 36.0 Å². The fraction of sp³-hybridized carbons (Fsp3) is 0.407. The number of rotatable bonds is 7. The molecule has 34 heavy (non-hydrogen) atoms. The van der Waals surface area contributed by atoms with E-state index in [1.807, 2.05) is 42.5 Å². The topological polar surface area (TPSA) is 85.5 Å². The summed E-state index contributed by atoms with van der Waals surface area (Å²) in [5.74, 6) is 0.798. The van der Waals surface area contributed by atoms with Crippen LogP contribution in [0.1, 0.15) is 51.6 Å². The maximum absolute atomic E-state index is 12.3. The maximum atomic E-state index is 12.3. The molecule has 0 radical (unpaired) electrons. The van der Waals surface area contributed by atoms with E-state index < -0.39 is 6.09 Å². The van der Waals surface area contributed by atoms with Gasteiger partial charge in [-0.05, 0) is 50.1 Å². The second-order valence-corrected chi connectivity index (χ2v) is 8.75. The number of anilines is 1. The molecule has 1 saturated heterocycles. The Morgan fingerprint density at radius 3 is 2.59 bits per heavy atom. The van der Waals surface area contributed by atoms with Gasteiger partial charge in [0.25, 0.3) is 0 Å². The highest BCUT2D eigenvalue weighted by Gasteiger charge is 2.22.